The number of ether oxygens (including phenoxy) is 1. The molecule has 0 aromatic carbocycles. The van der Waals surface area contributed by atoms with Gasteiger partial charge in [-0.2, -0.15) is 0 Å². The molecule has 1 aromatic rings. The number of thiazole rings is 1. The lowest BCUT2D eigenvalue weighted by atomic mass is 9.87. The molecular weight excluding hydrogens is 374 g/mol. The fourth-order valence-electron chi connectivity index (χ4n) is 4.20. The third-order valence-corrected chi connectivity index (χ3v) is 6.68. The topological polar surface area (TPSA) is 65.9 Å². The molecule has 2 fully saturated rings. The molecule has 1 amide bonds. The molecule has 2 saturated heterocycles. The van der Waals surface area contributed by atoms with E-state index in [1.54, 1.807) is 18.4 Å². The summed E-state index contributed by atoms with van der Waals surface area (Å²) in [5, 5.41) is 14.2. The predicted octanol–water partition coefficient (Wildman–Crippen LogP) is 3.00. The Balaban J connectivity index is 1.57. The van der Waals surface area contributed by atoms with Crippen LogP contribution < -0.4 is 0 Å². The van der Waals surface area contributed by atoms with E-state index >= 15 is 0 Å². The summed E-state index contributed by atoms with van der Waals surface area (Å²) in [6, 6.07) is 0.470. The first kappa shape index (κ1) is 21.7. The molecule has 0 unspecified atom stereocenters. The summed E-state index contributed by atoms with van der Waals surface area (Å²) in [5.74, 6) is 0.187. The lowest BCUT2D eigenvalue weighted by molar-refractivity contribution is -0.137. The molecule has 1 aromatic heterocycles. The highest BCUT2D eigenvalue weighted by Crippen LogP contribution is 2.35. The third kappa shape index (κ3) is 5.32. The first-order valence-electron chi connectivity index (χ1n) is 10.4. The van der Waals surface area contributed by atoms with Gasteiger partial charge in [0.2, 0.25) is 5.91 Å². The van der Waals surface area contributed by atoms with E-state index in [0.717, 1.165) is 30.4 Å². The maximum absolute atomic E-state index is 12.5. The number of piperidine rings is 1. The predicted molar refractivity (Wildman–Crippen MR) is 111 cm³/mol. The molecule has 158 valence electrons. The lowest BCUT2D eigenvalue weighted by Gasteiger charge is -2.38. The van der Waals surface area contributed by atoms with E-state index in [2.05, 4.69) is 25.7 Å². The van der Waals surface area contributed by atoms with E-state index in [-0.39, 0.29) is 11.3 Å². The van der Waals surface area contributed by atoms with E-state index in [1.165, 1.54) is 12.8 Å². The van der Waals surface area contributed by atoms with Crippen LogP contribution in [0.15, 0.2) is 5.38 Å². The van der Waals surface area contributed by atoms with Gasteiger partial charge in [-0.15, -0.1) is 11.3 Å². The summed E-state index contributed by atoms with van der Waals surface area (Å²) in [6.45, 7) is 10.1. The van der Waals surface area contributed by atoms with Crippen LogP contribution in [0, 0.1) is 5.41 Å². The highest BCUT2D eigenvalue weighted by Gasteiger charge is 2.38. The van der Waals surface area contributed by atoms with Crippen LogP contribution in [-0.4, -0.2) is 65.2 Å². The zero-order chi connectivity index (χ0) is 20.4. The van der Waals surface area contributed by atoms with Crippen LogP contribution in [0.4, 0.5) is 0 Å². The number of amides is 1. The molecular formula is C21H35N3O3S. The van der Waals surface area contributed by atoms with Gasteiger partial charge in [-0.3, -0.25) is 9.69 Å². The van der Waals surface area contributed by atoms with Crippen molar-refractivity contribution in [2.75, 3.05) is 33.4 Å². The Bertz CT molecular complexity index is 662. The summed E-state index contributed by atoms with van der Waals surface area (Å²) in [7, 11) is 1.76. The minimum absolute atomic E-state index is 0.00903. The smallest absolute Gasteiger partial charge is 0.223 e. The van der Waals surface area contributed by atoms with Gasteiger partial charge in [-0.05, 0) is 37.6 Å². The number of carbonyl (C=O) groups excluding carboxylic acids is 1. The highest BCUT2D eigenvalue weighted by molar-refractivity contribution is 7.09. The molecule has 2 aliphatic rings. The number of aliphatic hydroxyl groups is 1. The van der Waals surface area contributed by atoms with Crippen molar-refractivity contribution < 1.29 is 14.6 Å². The number of rotatable bonds is 6. The summed E-state index contributed by atoms with van der Waals surface area (Å²) >= 11 is 1.63. The molecule has 0 saturated carbocycles. The van der Waals surface area contributed by atoms with Gasteiger partial charge in [0.05, 0.1) is 18.8 Å². The van der Waals surface area contributed by atoms with Crippen molar-refractivity contribution in [1.29, 1.82) is 0 Å². The Morgan fingerprint density at radius 3 is 2.71 bits per heavy atom. The highest BCUT2D eigenvalue weighted by atomic mass is 32.1. The van der Waals surface area contributed by atoms with E-state index in [1.807, 2.05) is 10.3 Å². The SMILES string of the molecule is COC[C@H]1CCCN1Cc1nc(C2(O)CCN(C(=O)CC(C)(C)C)CC2)cs1. The molecule has 6 nitrogen and oxygen atoms in total. The van der Waals surface area contributed by atoms with Gasteiger partial charge in [0.25, 0.3) is 0 Å². The van der Waals surface area contributed by atoms with Gasteiger partial charge in [-0.1, -0.05) is 20.8 Å². The monoisotopic (exact) mass is 409 g/mol. The normalized spacial score (nSPS) is 23.3. The Hall–Kier alpha value is -1.02. The molecule has 0 bridgehead atoms. The second kappa shape index (κ2) is 8.78. The standard InChI is InChI=1S/C21H35N3O3S/c1-20(2,3)12-19(25)23-10-7-21(26,8-11-23)17-15-28-18(22-17)13-24-9-5-6-16(24)14-27-4/h15-16,26H,5-14H2,1-4H3/t16-/m1/s1. The molecule has 0 radical (unpaired) electrons. The largest absolute Gasteiger partial charge is 0.383 e. The zero-order valence-electron chi connectivity index (χ0n) is 17.7. The number of carbonyl (C=O) groups is 1. The summed E-state index contributed by atoms with van der Waals surface area (Å²) in [5.41, 5.74) is -0.146. The summed E-state index contributed by atoms with van der Waals surface area (Å²) < 4.78 is 5.34. The Morgan fingerprint density at radius 2 is 2.07 bits per heavy atom. The number of likely N-dealkylation sites (tertiary alicyclic amines) is 2. The zero-order valence-corrected chi connectivity index (χ0v) is 18.6. The third-order valence-electron chi connectivity index (χ3n) is 5.85. The summed E-state index contributed by atoms with van der Waals surface area (Å²) in [4.78, 5) is 21.6. The van der Waals surface area contributed by atoms with Crippen molar-refractivity contribution in [2.24, 2.45) is 5.41 Å². The second-order valence-electron chi connectivity index (χ2n) is 9.50. The fraction of sp³-hybridized carbons (Fsp3) is 0.810. The molecule has 7 heteroatoms. The fourth-order valence-corrected chi connectivity index (χ4v) is 5.11. The number of nitrogens with zero attached hydrogens (tertiary/aromatic N) is 3. The molecule has 28 heavy (non-hydrogen) atoms. The Morgan fingerprint density at radius 1 is 1.36 bits per heavy atom. The van der Waals surface area contributed by atoms with E-state index in [4.69, 9.17) is 9.72 Å². The maximum atomic E-state index is 12.5. The molecule has 3 heterocycles. The second-order valence-corrected chi connectivity index (χ2v) is 10.4. The molecule has 3 rings (SSSR count). The van der Waals surface area contributed by atoms with Gasteiger partial charge >= 0.3 is 0 Å². The van der Waals surface area contributed by atoms with Crippen LogP contribution in [-0.2, 0) is 21.7 Å². The van der Waals surface area contributed by atoms with Crippen LogP contribution in [0.2, 0.25) is 0 Å². The minimum atomic E-state index is -0.912. The summed E-state index contributed by atoms with van der Waals surface area (Å²) in [6.07, 6.45) is 4.04. The van der Waals surface area contributed by atoms with Crippen molar-refractivity contribution in [3.63, 3.8) is 0 Å². The van der Waals surface area contributed by atoms with Crippen molar-refractivity contribution >= 4 is 17.2 Å². The van der Waals surface area contributed by atoms with Gasteiger partial charge in [0, 0.05) is 38.0 Å². The van der Waals surface area contributed by atoms with Gasteiger partial charge in [-0.25, -0.2) is 4.98 Å². The van der Waals surface area contributed by atoms with Crippen LogP contribution in [0.1, 0.15) is 63.6 Å². The Labute approximate surface area is 172 Å². The molecule has 2 aliphatic heterocycles. The van der Waals surface area contributed by atoms with Crippen molar-refractivity contribution in [3.05, 3.63) is 16.1 Å². The van der Waals surface area contributed by atoms with Gasteiger partial charge in [0.1, 0.15) is 10.6 Å². The van der Waals surface area contributed by atoms with Crippen molar-refractivity contribution in [2.45, 2.75) is 71.1 Å². The number of hydrogen-bond donors (Lipinski definition) is 1. The lowest BCUT2D eigenvalue weighted by Crippen LogP contribution is -2.46. The first-order chi connectivity index (χ1) is 13.2. The van der Waals surface area contributed by atoms with Crippen LogP contribution in [0.3, 0.4) is 0 Å². The maximum Gasteiger partial charge on any atom is 0.223 e. The number of aromatic nitrogens is 1. The molecule has 0 spiro atoms. The van der Waals surface area contributed by atoms with Crippen LogP contribution in [0.5, 0.6) is 0 Å². The van der Waals surface area contributed by atoms with Crippen LogP contribution >= 0.6 is 11.3 Å². The van der Waals surface area contributed by atoms with Crippen molar-refractivity contribution in [3.8, 4) is 0 Å². The van der Waals surface area contributed by atoms with Gasteiger partial charge < -0.3 is 14.7 Å². The van der Waals surface area contributed by atoms with Gasteiger partial charge in [0.15, 0.2) is 0 Å². The van der Waals surface area contributed by atoms with Crippen molar-refractivity contribution in [1.82, 2.24) is 14.8 Å². The average Bonchev–Trinajstić information content (AvgIpc) is 3.25. The molecule has 1 N–H and O–H groups in total. The van der Waals surface area contributed by atoms with E-state index in [9.17, 15) is 9.90 Å². The number of methoxy groups -OCH3 is 1. The van der Waals surface area contributed by atoms with Crippen LogP contribution in [0.25, 0.3) is 0 Å². The average molecular weight is 410 g/mol. The first-order valence-corrected chi connectivity index (χ1v) is 11.3. The minimum Gasteiger partial charge on any atom is -0.383 e. The van der Waals surface area contributed by atoms with E-state index in [0.29, 0.717) is 38.4 Å². The van der Waals surface area contributed by atoms with E-state index < -0.39 is 5.60 Å². The molecule has 1 atom stereocenters. The number of hydrogen-bond acceptors (Lipinski definition) is 6. The quantitative estimate of drug-likeness (QED) is 0.782. The molecule has 0 aliphatic carbocycles. The Kier molecular flexibility index (Phi) is 6.80.